The predicted molar refractivity (Wildman–Crippen MR) is 56.2 cm³/mol. The van der Waals surface area contributed by atoms with Gasteiger partial charge >= 0.3 is 12.1 Å². The van der Waals surface area contributed by atoms with Gasteiger partial charge in [-0.2, -0.15) is 13.2 Å². The number of carbonyl (C=O) groups is 2. The highest BCUT2D eigenvalue weighted by molar-refractivity contribution is 5.99. The number of nitrogens with two attached hydrogens (primary N) is 1. The van der Waals surface area contributed by atoms with Gasteiger partial charge in [0, 0.05) is 5.56 Å². The van der Waals surface area contributed by atoms with Crippen LogP contribution in [0.15, 0.2) is 18.2 Å². The van der Waals surface area contributed by atoms with Crippen LogP contribution in [0, 0.1) is 0 Å². The highest BCUT2D eigenvalue weighted by Crippen LogP contribution is 2.27. The van der Waals surface area contributed by atoms with Crippen LogP contribution in [-0.2, 0) is 4.79 Å². The number of alkyl halides is 3. The summed E-state index contributed by atoms with van der Waals surface area (Å²) in [5, 5.41) is 1.60. The Morgan fingerprint density at radius 3 is 2.39 bits per heavy atom. The summed E-state index contributed by atoms with van der Waals surface area (Å²) in [5.41, 5.74) is 4.65. The van der Waals surface area contributed by atoms with E-state index >= 15 is 0 Å². The monoisotopic (exact) mass is 262 g/mol. The summed E-state index contributed by atoms with van der Waals surface area (Å²) < 4.78 is 41.0. The first-order chi connectivity index (χ1) is 8.25. The van der Waals surface area contributed by atoms with E-state index < -0.39 is 18.0 Å². The number of nitrogens with one attached hydrogen (secondary N) is 1. The molecule has 0 bridgehead atoms. The molecule has 0 fully saturated rings. The second kappa shape index (κ2) is 4.94. The molecule has 0 aliphatic carbocycles. The zero-order valence-electron chi connectivity index (χ0n) is 9.17. The molecule has 0 spiro atoms. The summed E-state index contributed by atoms with van der Waals surface area (Å²) in [5.74, 6) is -3.01. The van der Waals surface area contributed by atoms with Crippen LogP contribution in [0.1, 0.15) is 10.4 Å². The molecular formula is C10H9F3N2O3. The maximum atomic E-state index is 12.1. The van der Waals surface area contributed by atoms with Crippen LogP contribution in [0.4, 0.5) is 18.9 Å². The lowest BCUT2D eigenvalue weighted by Crippen LogP contribution is -2.30. The average molecular weight is 262 g/mol. The van der Waals surface area contributed by atoms with Crippen LogP contribution in [0.2, 0.25) is 0 Å². The number of carbonyl (C=O) groups excluding carboxylic acids is 2. The summed E-state index contributed by atoms with van der Waals surface area (Å²) in [6.07, 6.45) is -5.03. The highest BCUT2D eigenvalue weighted by atomic mass is 19.4. The van der Waals surface area contributed by atoms with Gasteiger partial charge in [0.05, 0.1) is 12.8 Å². The minimum Gasteiger partial charge on any atom is -0.495 e. The summed E-state index contributed by atoms with van der Waals surface area (Å²) in [6, 6.07) is 3.50. The van der Waals surface area contributed by atoms with E-state index in [1.54, 1.807) is 5.32 Å². The number of benzene rings is 1. The van der Waals surface area contributed by atoms with Gasteiger partial charge in [-0.05, 0) is 18.2 Å². The third kappa shape index (κ3) is 3.12. The van der Waals surface area contributed by atoms with E-state index in [1.165, 1.54) is 19.2 Å². The van der Waals surface area contributed by atoms with E-state index in [4.69, 9.17) is 10.5 Å². The maximum Gasteiger partial charge on any atom is 0.471 e. The van der Waals surface area contributed by atoms with Crippen molar-refractivity contribution in [1.29, 1.82) is 0 Å². The molecule has 2 amide bonds. The molecule has 0 unspecified atom stereocenters. The molecule has 0 atom stereocenters. The smallest absolute Gasteiger partial charge is 0.471 e. The SMILES string of the molecule is COc1ccc(C(N)=O)cc1NC(=O)C(F)(F)F. The second-order valence-electron chi connectivity index (χ2n) is 3.23. The first-order valence-corrected chi connectivity index (χ1v) is 4.61. The predicted octanol–water partition coefficient (Wildman–Crippen LogP) is 1.29. The first-order valence-electron chi connectivity index (χ1n) is 4.61. The number of hydrogen-bond donors (Lipinski definition) is 2. The number of amides is 2. The fourth-order valence-corrected chi connectivity index (χ4v) is 1.15. The summed E-state index contributed by atoms with van der Waals surface area (Å²) in [7, 11) is 1.21. The van der Waals surface area contributed by atoms with Crippen molar-refractivity contribution < 1.29 is 27.5 Å². The molecule has 0 aromatic heterocycles. The van der Waals surface area contributed by atoms with Gasteiger partial charge in [-0.1, -0.05) is 0 Å². The Morgan fingerprint density at radius 1 is 1.33 bits per heavy atom. The Bertz CT molecular complexity index is 486. The number of anilines is 1. The molecule has 0 aliphatic heterocycles. The van der Waals surface area contributed by atoms with E-state index in [0.717, 1.165) is 6.07 Å². The molecule has 98 valence electrons. The molecule has 5 nitrogen and oxygen atoms in total. The van der Waals surface area contributed by atoms with Crippen molar-refractivity contribution in [3.63, 3.8) is 0 Å². The van der Waals surface area contributed by atoms with Crippen LogP contribution in [0.25, 0.3) is 0 Å². The molecule has 8 heteroatoms. The Balaban J connectivity index is 3.09. The minimum absolute atomic E-state index is 0.0161. The van der Waals surface area contributed by atoms with E-state index in [2.05, 4.69) is 0 Å². The molecule has 0 heterocycles. The highest BCUT2D eigenvalue weighted by Gasteiger charge is 2.39. The normalized spacial score (nSPS) is 10.9. The second-order valence-corrected chi connectivity index (χ2v) is 3.23. The molecule has 0 aliphatic rings. The minimum atomic E-state index is -5.03. The Morgan fingerprint density at radius 2 is 1.94 bits per heavy atom. The van der Waals surface area contributed by atoms with Gasteiger partial charge in [-0.25, -0.2) is 0 Å². The van der Waals surface area contributed by atoms with Crippen LogP contribution < -0.4 is 15.8 Å². The average Bonchev–Trinajstić information content (AvgIpc) is 2.27. The number of rotatable bonds is 3. The molecule has 0 saturated carbocycles. The van der Waals surface area contributed by atoms with Crippen molar-refractivity contribution in [2.24, 2.45) is 5.73 Å². The van der Waals surface area contributed by atoms with Crippen molar-refractivity contribution in [3.8, 4) is 5.75 Å². The number of hydrogen-bond acceptors (Lipinski definition) is 3. The Kier molecular flexibility index (Phi) is 3.79. The van der Waals surface area contributed by atoms with Crippen LogP contribution in [0.3, 0.4) is 0 Å². The quantitative estimate of drug-likeness (QED) is 0.861. The Hall–Kier alpha value is -2.25. The van der Waals surface area contributed by atoms with E-state index in [-0.39, 0.29) is 17.0 Å². The third-order valence-corrected chi connectivity index (χ3v) is 1.99. The number of ether oxygens (including phenoxy) is 1. The largest absolute Gasteiger partial charge is 0.495 e. The van der Waals surface area contributed by atoms with Crippen molar-refractivity contribution in [1.82, 2.24) is 0 Å². The zero-order chi connectivity index (χ0) is 13.9. The standard InChI is InChI=1S/C10H9F3N2O3/c1-18-7-3-2-5(8(14)16)4-6(7)15-9(17)10(11,12)13/h2-4H,1H3,(H2,14,16)(H,15,17). The van der Waals surface area contributed by atoms with Crippen molar-refractivity contribution >= 4 is 17.5 Å². The van der Waals surface area contributed by atoms with Crippen molar-refractivity contribution in [3.05, 3.63) is 23.8 Å². The van der Waals surface area contributed by atoms with Gasteiger partial charge in [0.1, 0.15) is 5.75 Å². The lowest BCUT2D eigenvalue weighted by molar-refractivity contribution is -0.167. The van der Waals surface area contributed by atoms with Gasteiger partial charge in [0.15, 0.2) is 0 Å². The van der Waals surface area contributed by atoms with Gasteiger partial charge in [0.2, 0.25) is 5.91 Å². The fourth-order valence-electron chi connectivity index (χ4n) is 1.15. The van der Waals surface area contributed by atoms with Crippen LogP contribution >= 0.6 is 0 Å². The first kappa shape index (κ1) is 13.8. The lowest BCUT2D eigenvalue weighted by atomic mass is 10.1. The molecular weight excluding hydrogens is 253 g/mol. The van der Waals surface area contributed by atoms with Crippen molar-refractivity contribution in [2.45, 2.75) is 6.18 Å². The molecule has 0 saturated heterocycles. The van der Waals surface area contributed by atoms with E-state index in [0.29, 0.717) is 0 Å². The van der Waals surface area contributed by atoms with Crippen LogP contribution in [-0.4, -0.2) is 25.1 Å². The van der Waals surface area contributed by atoms with Gasteiger partial charge in [0.25, 0.3) is 0 Å². The third-order valence-electron chi connectivity index (χ3n) is 1.99. The number of methoxy groups -OCH3 is 1. The zero-order valence-corrected chi connectivity index (χ0v) is 9.17. The number of halogens is 3. The van der Waals surface area contributed by atoms with E-state index in [1.807, 2.05) is 0 Å². The van der Waals surface area contributed by atoms with E-state index in [9.17, 15) is 22.8 Å². The maximum absolute atomic E-state index is 12.1. The Labute approximate surface area is 99.7 Å². The molecule has 1 aromatic carbocycles. The molecule has 3 N–H and O–H groups in total. The topological polar surface area (TPSA) is 81.4 Å². The van der Waals surface area contributed by atoms with Crippen LogP contribution in [0.5, 0.6) is 5.75 Å². The van der Waals surface area contributed by atoms with Gasteiger partial charge in [-0.3, -0.25) is 9.59 Å². The summed E-state index contributed by atoms with van der Waals surface area (Å²) in [4.78, 5) is 21.7. The molecule has 1 rings (SSSR count). The summed E-state index contributed by atoms with van der Waals surface area (Å²) in [6.45, 7) is 0. The summed E-state index contributed by atoms with van der Waals surface area (Å²) >= 11 is 0. The van der Waals surface area contributed by atoms with Crippen molar-refractivity contribution in [2.75, 3.05) is 12.4 Å². The number of primary amides is 1. The van der Waals surface area contributed by atoms with Gasteiger partial charge < -0.3 is 15.8 Å². The molecule has 1 aromatic rings. The van der Waals surface area contributed by atoms with Gasteiger partial charge in [-0.15, -0.1) is 0 Å². The molecule has 0 radical (unpaired) electrons. The fraction of sp³-hybridized carbons (Fsp3) is 0.200. The lowest BCUT2D eigenvalue weighted by Gasteiger charge is -2.12. The molecule has 18 heavy (non-hydrogen) atoms.